The number of fused-ring (bicyclic) bond motifs is 4. The third-order valence-electron chi connectivity index (χ3n) is 10.4. The molecule has 8 nitrogen and oxygen atoms in total. The van der Waals surface area contributed by atoms with Crippen molar-refractivity contribution in [3.05, 3.63) is 53.9 Å². The molecule has 1 aromatic heterocycles. The normalized spacial score (nSPS) is 25.7. The zero-order valence-electron chi connectivity index (χ0n) is 24.5. The predicted molar refractivity (Wildman–Crippen MR) is 157 cm³/mol. The van der Waals surface area contributed by atoms with Gasteiger partial charge in [0.25, 0.3) is 5.91 Å². The van der Waals surface area contributed by atoms with Gasteiger partial charge < -0.3 is 24.0 Å². The molecule has 2 unspecified atom stereocenters. The minimum Gasteiger partial charge on any atom is -0.454 e. The number of hydrogen-bond acceptors (Lipinski definition) is 6. The fourth-order valence-electron chi connectivity index (χ4n) is 8.22. The average Bonchev–Trinajstić information content (AvgIpc) is 3.63. The summed E-state index contributed by atoms with van der Waals surface area (Å²) in [5, 5.41) is 10.4. The fraction of sp³-hybridized carbons (Fsp3) is 0.576. The van der Waals surface area contributed by atoms with Crippen LogP contribution < -0.4 is 9.47 Å². The third-order valence-corrected chi connectivity index (χ3v) is 10.4. The van der Waals surface area contributed by atoms with Gasteiger partial charge in [-0.15, -0.1) is 0 Å². The Morgan fingerprint density at radius 2 is 1.73 bits per heavy atom. The van der Waals surface area contributed by atoms with Crippen molar-refractivity contribution in [3.8, 4) is 11.5 Å². The SMILES string of the molecule is Cc1nc2ccccc2n1C1CC2CCC(C1)N2CCC1(c2ccc3c(c2)OCO3)CCN(C(=O)C(C)(C)O)CC1. The van der Waals surface area contributed by atoms with Gasteiger partial charge in [-0.1, -0.05) is 18.2 Å². The van der Waals surface area contributed by atoms with Crippen LogP contribution in [0.1, 0.15) is 76.2 Å². The van der Waals surface area contributed by atoms with Crippen molar-refractivity contribution in [2.75, 3.05) is 26.4 Å². The van der Waals surface area contributed by atoms with E-state index in [-0.39, 0.29) is 18.1 Å². The van der Waals surface area contributed by atoms with Gasteiger partial charge >= 0.3 is 0 Å². The second kappa shape index (κ2) is 10.0. The molecule has 0 spiro atoms. The van der Waals surface area contributed by atoms with Crippen molar-refractivity contribution in [1.82, 2.24) is 19.4 Å². The summed E-state index contributed by atoms with van der Waals surface area (Å²) in [6.07, 6.45) is 7.66. The number of amides is 1. The largest absolute Gasteiger partial charge is 0.454 e. The Kier molecular flexibility index (Phi) is 6.54. The highest BCUT2D eigenvalue weighted by Crippen LogP contribution is 2.46. The summed E-state index contributed by atoms with van der Waals surface area (Å²) in [5.74, 6) is 2.57. The van der Waals surface area contributed by atoms with Crippen molar-refractivity contribution in [1.29, 1.82) is 0 Å². The number of hydrogen-bond donors (Lipinski definition) is 1. The van der Waals surface area contributed by atoms with E-state index in [0.717, 1.165) is 48.6 Å². The summed E-state index contributed by atoms with van der Waals surface area (Å²) in [4.78, 5) is 22.4. The van der Waals surface area contributed by atoms with Gasteiger partial charge in [0.1, 0.15) is 11.4 Å². The van der Waals surface area contributed by atoms with Gasteiger partial charge in [0, 0.05) is 36.6 Å². The highest BCUT2D eigenvalue weighted by molar-refractivity contribution is 5.84. The number of carbonyl (C=O) groups is 1. The number of rotatable bonds is 6. The molecule has 2 atom stereocenters. The molecule has 3 aromatic rings. The Bertz CT molecular complexity index is 1440. The Hall–Kier alpha value is -3.10. The maximum absolute atomic E-state index is 12.9. The summed E-state index contributed by atoms with van der Waals surface area (Å²) < 4.78 is 13.9. The number of aliphatic hydroxyl groups is 1. The van der Waals surface area contributed by atoms with E-state index in [2.05, 4.69) is 52.8 Å². The van der Waals surface area contributed by atoms with E-state index in [0.29, 0.717) is 31.2 Å². The number of para-hydroxylation sites is 2. The lowest BCUT2D eigenvalue weighted by atomic mass is 9.70. The van der Waals surface area contributed by atoms with Crippen LogP contribution in [0.3, 0.4) is 0 Å². The summed E-state index contributed by atoms with van der Waals surface area (Å²) in [6, 6.07) is 16.6. The summed E-state index contributed by atoms with van der Waals surface area (Å²) in [7, 11) is 0. The van der Waals surface area contributed by atoms with Crippen LogP contribution in [0.5, 0.6) is 11.5 Å². The smallest absolute Gasteiger partial charge is 0.253 e. The lowest BCUT2D eigenvalue weighted by molar-refractivity contribution is -0.149. The molecule has 1 N–H and O–H groups in total. The van der Waals surface area contributed by atoms with Crippen LogP contribution in [-0.2, 0) is 10.2 Å². The number of benzene rings is 2. The maximum atomic E-state index is 12.9. The molecule has 41 heavy (non-hydrogen) atoms. The standard InChI is InChI=1S/C33H42N4O4/c1-22-34-27-6-4-5-7-28(27)37(22)26-19-24-9-10-25(20-26)36(24)17-14-33(23-8-11-29-30(18-23)41-21-40-29)12-15-35(16-13-33)31(38)32(2,3)39/h4-8,11,18,24-26,39H,9-10,12-17,19-21H2,1-3H3. The van der Waals surface area contributed by atoms with E-state index < -0.39 is 5.60 Å². The van der Waals surface area contributed by atoms with Gasteiger partial charge in [0.15, 0.2) is 11.5 Å². The number of ether oxygens (including phenoxy) is 2. The molecule has 8 heteroatoms. The van der Waals surface area contributed by atoms with Crippen LogP contribution >= 0.6 is 0 Å². The average molecular weight is 559 g/mol. The minimum absolute atomic E-state index is 0.0508. The molecule has 3 saturated heterocycles. The van der Waals surface area contributed by atoms with Crippen molar-refractivity contribution >= 4 is 16.9 Å². The van der Waals surface area contributed by atoms with Gasteiger partial charge in [-0.2, -0.15) is 0 Å². The van der Waals surface area contributed by atoms with Gasteiger partial charge in [-0.25, -0.2) is 4.98 Å². The van der Waals surface area contributed by atoms with E-state index in [4.69, 9.17) is 14.5 Å². The zero-order chi connectivity index (χ0) is 28.4. The predicted octanol–water partition coefficient (Wildman–Crippen LogP) is 4.96. The first-order valence-corrected chi connectivity index (χ1v) is 15.3. The summed E-state index contributed by atoms with van der Waals surface area (Å²) in [6.45, 7) is 7.95. The Morgan fingerprint density at radius 1 is 1.02 bits per heavy atom. The van der Waals surface area contributed by atoms with Crippen molar-refractivity contribution < 1.29 is 19.4 Å². The molecule has 0 saturated carbocycles. The topological polar surface area (TPSA) is 80.1 Å². The van der Waals surface area contributed by atoms with Gasteiger partial charge in [0.2, 0.25) is 6.79 Å². The maximum Gasteiger partial charge on any atom is 0.253 e. The number of nitrogens with zero attached hydrogens (tertiary/aromatic N) is 4. The Morgan fingerprint density at radius 3 is 2.46 bits per heavy atom. The van der Waals surface area contributed by atoms with E-state index in [1.54, 1.807) is 13.8 Å². The van der Waals surface area contributed by atoms with Crippen LogP contribution in [0.25, 0.3) is 11.0 Å². The summed E-state index contributed by atoms with van der Waals surface area (Å²) in [5.41, 5.74) is 2.24. The Labute approximate surface area is 242 Å². The first kappa shape index (κ1) is 26.8. The zero-order valence-corrected chi connectivity index (χ0v) is 24.5. The van der Waals surface area contributed by atoms with Crippen molar-refractivity contribution in [2.24, 2.45) is 0 Å². The fourth-order valence-corrected chi connectivity index (χ4v) is 8.22. The molecule has 4 aliphatic heterocycles. The molecular weight excluding hydrogens is 516 g/mol. The third kappa shape index (κ3) is 4.69. The molecule has 4 aliphatic rings. The van der Waals surface area contributed by atoms with Gasteiger partial charge in [0.05, 0.1) is 11.0 Å². The lowest BCUT2D eigenvalue weighted by Gasteiger charge is -2.46. The van der Waals surface area contributed by atoms with Crippen LogP contribution in [0.4, 0.5) is 0 Å². The number of aryl methyl sites for hydroxylation is 1. The molecule has 0 radical (unpaired) electrons. The number of aromatic nitrogens is 2. The Balaban J connectivity index is 1.10. The van der Waals surface area contributed by atoms with Crippen LogP contribution in [0, 0.1) is 6.92 Å². The van der Waals surface area contributed by atoms with Gasteiger partial charge in [-0.3, -0.25) is 9.69 Å². The van der Waals surface area contributed by atoms with Crippen LogP contribution in [0.15, 0.2) is 42.5 Å². The van der Waals surface area contributed by atoms with E-state index in [9.17, 15) is 9.90 Å². The molecule has 2 bridgehead atoms. The molecule has 7 rings (SSSR count). The quantitative estimate of drug-likeness (QED) is 0.461. The second-order valence-electron chi connectivity index (χ2n) is 13.2. The highest BCUT2D eigenvalue weighted by atomic mass is 16.7. The monoisotopic (exact) mass is 558 g/mol. The van der Waals surface area contributed by atoms with Gasteiger partial charge in [-0.05, 0) is 102 Å². The van der Waals surface area contributed by atoms with E-state index in [1.807, 2.05) is 11.0 Å². The molecule has 0 aliphatic carbocycles. The number of likely N-dealkylation sites (tertiary alicyclic amines) is 1. The van der Waals surface area contributed by atoms with Crippen molar-refractivity contribution in [2.45, 2.75) is 94.9 Å². The summed E-state index contributed by atoms with van der Waals surface area (Å²) >= 11 is 0. The van der Waals surface area contributed by atoms with Crippen LogP contribution in [-0.4, -0.2) is 74.5 Å². The molecular formula is C33H42N4O4. The lowest BCUT2D eigenvalue weighted by Crippen LogP contribution is -2.52. The molecule has 5 heterocycles. The number of piperidine rings is 2. The molecule has 2 aromatic carbocycles. The minimum atomic E-state index is -1.35. The first-order chi connectivity index (χ1) is 19.7. The molecule has 218 valence electrons. The molecule has 3 fully saturated rings. The highest BCUT2D eigenvalue weighted by Gasteiger charge is 2.45. The molecule has 1 amide bonds. The number of carbonyl (C=O) groups excluding carboxylic acids is 1. The van der Waals surface area contributed by atoms with E-state index in [1.165, 1.54) is 36.8 Å². The van der Waals surface area contributed by atoms with E-state index >= 15 is 0 Å². The van der Waals surface area contributed by atoms with Crippen LogP contribution in [0.2, 0.25) is 0 Å². The number of imidazole rings is 1. The second-order valence-corrected chi connectivity index (χ2v) is 13.2. The van der Waals surface area contributed by atoms with Crippen molar-refractivity contribution in [3.63, 3.8) is 0 Å². The first-order valence-electron chi connectivity index (χ1n) is 15.3.